The number of nitrogens with zero attached hydrogens (tertiary/aromatic N) is 1. The topological polar surface area (TPSA) is 98.6 Å². The lowest BCUT2D eigenvalue weighted by atomic mass is 10.1. The molecule has 1 fully saturated rings. The molecule has 1 saturated heterocycles. The fourth-order valence-corrected chi connectivity index (χ4v) is 2.46. The third kappa shape index (κ3) is 3.87. The van der Waals surface area contributed by atoms with Gasteiger partial charge in [-0.1, -0.05) is 18.9 Å². The number of ether oxygens (including phenoxy) is 1. The number of likely N-dealkylation sites (tertiary alicyclic amines) is 1. The average molecular weight is 291 g/mol. The first-order valence-corrected chi connectivity index (χ1v) is 7.18. The predicted molar refractivity (Wildman–Crippen MR) is 79.9 cm³/mol. The molecule has 1 aromatic rings. The summed E-state index contributed by atoms with van der Waals surface area (Å²) in [5.74, 6) is -0.525. The zero-order chi connectivity index (χ0) is 15.2. The molecule has 0 unspecified atom stereocenters. The molecule has 1 heterocycles. The van der Waals surface area contributed by atoms with Crippen molar-refractivity contribution >= 4 is 17.5 Å². The molecule has 114 valence electrons. The molecular weight excluding hydrogens is 270 g/mol. The molecule has 2 rings (SSSR count). The molecule has 4 N–H and O–H groups in total. The number of nitrogen functional groups attached to an aromatic ring is 1. The third-order valence-electron chi connectivity index (χ3n) is 3.61. The van der Waals surface area contributed by atoms with Crippen LogP contribution in [0.2, 0.25) is 0 Å². The van der Waals surface area contributed by atoms with Crippen LogP contribution in [0.15, 0.2) is 18.2 Å². The molecule has 6 nitrogen and oxygen atoms in total. The summed E-state index contributed by atoms with van der Waals surface area (Å²) in [5.41, 5.74) is 11.6. The second-order valence-electron chi connectivity index (χ2n) is 5.17. The summed E-state index contributed by atoms with van der Waals surface area (Å²) in [7, 11) is 0. The number of amides is 2. The second kappa shape index (κ2) is 6.97. The number of anilines is 1. The molecule has 21 heavy (non-hydrogen) atoms. The molecule has 1 aliphatic heterocycles. The highest BCUT2D eigenvalue weighted by Gasteiger charge is 2.18. The second-order valence-corrected chi connectivity index (χ2v) is 5.17. The Bertz CT molecular complexity index is 523. The number of nitrogens with two attached hydrogens (primary N) is 2. The van der Waals surface area contributed by atoms with Gasteiger partial charge in [0, 0.05) is 13.1 Å². The summed E-state index contributed by atoms with van der Waals surface area (Å²) < 4.78 is 5.47. The molecule has 0 bridgehead atoms. The first-order valence-electron chi connectivity index (χ1n) is 7.18. The Hall–Kier alpha value is -2.24. The molecule has 0 spiro atoms. The van der Waals surface area contributed by atoms with E-state index in [1.165, 1.54) is 6.07 Å². The van der Waals surface area contributed by atoms with E-state index >= 15 is 0 Å². The summed E-state index contributed by atoms with van der Waals surface area (Å²) in [5, 5.41) is 0. The number of carbonyl (C=O) groups excluding carboxylic acids is 2. The molecule has 2 amide bonds. The third-order valence-corrected chi connectivity index (χ3v) is 3.61. The highest BCUT2D eigenvalue weighted by Crippen LogP contribution is 2.26. The summed E-state index contributed by atoms with van der Waals surface area (Å²) in [4.78, 5) is 25.3. The van der Waals surface area contributed by atoms with E-state index in [-0.39, 0.29) is 23.8 Å². The van der Waals surface area contributed by atoms with Gasteiger partial charge < -0.3 is 21.1 Å². The van der Waals surface area contributed by atoms with Crippen LogP contribution in [0.25, 0.3) is 0 Å². The van der Waals surface area contributed by atoms with E-state index < -0.39 is 5.91 Å². The molecule has 0 radical (unpaired) electrons. The fraction of sp³-hybridized carbons (Fsp3) is 0.467. The van der Waals surface area contributed by atoms with E-state index in [0.29, 0.717) is 5.69 Å². The van der Waals surface area contributed by atoms with Crippen LogP contribution in [0.3, 0.4) is 0 Å². The molecule has 0 saturated carbocycles. The molecule has 0 atom stereocenters. The zero-order valence-corrected chi connectivity index (χ0v) is 12.0. The normalized spacial score (nSPS) is 15.3. The largest absolute Gasteiger partial charge is 0.481 e. The number of carbonyl (C=O) groups is 2. The SMILES string of the molecule is NC(=O)c1cccc(N)c1OCC(=O)N1CCCCCC1. The van der Waals surface area contributed by atoms with Crippen molar-refractivity contribution < 1.29 is 14.3 Å². The van der Waals surface area contributed by atoms with Crippen LogP contribution in [0, 0.1) is 0 Å². The van der Waals surface area contributed by atoms with Crippen molar-refractivity contribution in [2.45, 2.75) is 25.7 Å². The standard InChI is InChI=1S/C15H21N3O3/c16-12-7-5-6-11(15(17)20)14(12)21-10-13(19)18-8-3-1-2-4-9-18/h5-7H,1-4,8-10,16H2,(H2,17,20). The van der Waals surface area contributed by atoms with Gasteiger partial charge in [0.2, 0.25) is 0 Å². The van der Waals surface area contributed by atoms with Gasteiger partial charge in [0.05, 0.1) is 11.3 Å². The van der Waals surface area contributed by atoms with Gasteiger partial charge in [-0.05, 0) is 25.0 Å². The lowest BCUT2D eigenvalue weighted by Gasteiger charge is -2.21. The van der Waals surface area contributed by atoms with Gasteiger partial charge in [0.15, 0.2) is 12.4 Å². The van der Waals surface area contributed by atoms with E-state index in [4.69, 9.17) is 16.2 Å². The molecule has 0 aliphatic carbocycles. The minimum absolute atomic E-state index is 0.0874. The van der Waals surface area contributed by atoms with Crippen molar-refractivity contribution in [3.05, 3.63) is 23.8 Å². The first-order chi connectivity index (χ1) is 10.1. The number of para-hydroxylation sites is 1. The van der Waals surface area contributed by atoms with E-state index in [0.717, 1.165) is 38.8 Å². The van der Waals surface area contributed by atoms with Crippen molar-refractivity contribution in [3.63, 3.8) is 0 Å². The van der Waals surface area contributed by atoms with Crippen molar-refractivity contribution in [3.8, 4) is 5.75 Å². The Balaban J connectivity index is 2.02. The quantitative estimate of drug-likeness (QED) is 0.813. The van der Waals surface area contributed by atoms with Gasteiger partial charge in [-0.2, -0.15) is 0 Å². The van der Waals surface area contributed by atoms with Gasteiger partial charge >= 0.3 is 0 Å². The van der Waals surface area contributed by atoms with E-state index in [9.17, 15) is 9.59 Å². The van der Waals surface area contributed by atoms with E-state index in [1.807, 2.05) is 0 Å². The van der Waals surface area contributed by atoms with Crippen molar-refractivity contribution in [2.24, 2.45) is 5.73 Å². The minimum Gasteiger partial charge on any atom is -0.481 e. The molecule has 1 aliphatic rings. The van der Waals surface area contributed by atoms with Gasteiger partial charge in [-0.15, -0.1) is 0 Å². The maximum atomic E-state index is 12.2. The van der Waals surface area contributed by atoms with Gasteiger partial charge in [0.1, 0.15) is 0 Å². The lowest BCUT2D eigenvalue weighted by Crippen LogP contribution is -2.35. The molecular formula is C15H21N3O3. The van der Waals surface area contributed by atoms with Crippen molar-refractivity contribution in [2.75, 3.05) is 25.4 Å². The Morgan fingerprint density at radius 3 is 2.43 bits per heavy atom. The summed E-state index contributed by atoms with van der Waals surface area (Å²) in [6.07, 6.45) is 4.35. The monoisotopic (exact) mass is 291 g/mol. The molecule has 1 aromatic carbocycles. The number of hydrogen-bond acceptors (Lipinski definition) is 4. The fourth-order valence-electron chi connectivity index (χ4n) is 2.46. The van der Waals surface area contributed by atoms with E-state index in [1.54, 1.807) is 17.0 Å². The molecule has 6 heteroatoms. The van der Waals surface area contributed by atoms with Gasteiger partial charge in [-0.25, -0.2) is 0 Å². The summed E-state index contributed by atoms with van der Waals surface area (Å²) in [6.45, 7) is 1.39. The average Bonchev–Trinajstić information content (AvgIpc) is 2.74. The summed E-state index contributed by atoms with van der Waals surface area (Å²) in [6, 6.07) is 4.77. The maximum Gasteiger partial charge on any atom is 0.260 e. The van der Waals surface area contributed by atoms with Crippen LogP contribution in [-0.2, 0) is 4.79 Å². The van der Waals surface area contributed by atoms with Crippen molar-refractivity contribution in [1.29, 1.82) is 0 Å². The predicted octanol–water partition coefficient (Wildman–Crippen LogP) is 1.15. The number of benzene rings is 1. The Morgan fingerprint density at radius 2 is 1.81 bits per heavy atom. The van der Waals surface area contributed by atoms with Crippen molar-refractivity contribution in [1.82, 2.24) is 4.90 Å². The van der Waals surface area contributed by atoms with Crippen LogP contribution in [0.1, 0.15) is 36.0 Å². The van der Waals surface area contributed by atoms with Crippen LogP contribution >= 0.6 is 0 Å². The van der Waals surface area contributed by atoms with Crippen LogP contribution < -0.4 is 16.2 Å². The van der Waals surface area contributed by atoms with Gasteiger partial charge in [0.25, 0.3) is 11.8 Å². The Kier molecular flexibility index (Phi) is 5.03. The van der Waals surface area contributed by atoms with Crippen LogP contribution in [0.4, 0.5) is 5.69 Å². The Morgan fingerprint density at radius 1 is 1.14 bits per heavy atom. The zero-order valence-electron chi connectivity index (χ0n) is 12.0. The lowest BCUT2D eigenvalue weighted by molar-refractivity contribution is -0.133. The highest BCUT2D eigenvalue weighted by molar-refractivity contribution is 5.97. The minimum atomic E-state index is -0.625. The molecule has 0 aromatic heterocycles. The number of primary amides is 1. The smallest absolute Gasteiger partial charge is 0.260 e. The number of rotatable bonds is 4. The summed E-state index contributed by atoms with van der Waals surface area (Å²) >= 11 is 0. The van der Waals surface area contributed by atoms with Crippen LogP contribution in [-0.4, -0.2) is 36.4 Å². The first kappa shape index (κ1) is 15.2. The van der Waals surface area contributed by atoms with Crippen LogP contribution in [0.5, 0.6) is 5.75 Å². The Labute approximate surface area is 124 Å². The number of hydrogen-bond donors (Lipinski definition) is 2. The highest BCUT2D eigenvalue weighted by atomic mass is 16.5. The van der Waals surface area contributed by atoms with E-state index in [2.05, 4.69) is 0 Å². The van der Waals surface area contributed by atoms with Gasteiger partial charge in [-0.3, -0.25) is 9.59 Å². The maximum absolute atomic E-state index is 12.2.